The van der Waals surface area contributed by atoms with E-state index in [9.17, 15) is 9.59 Å². The lowest BCUT2D eigenvalue weighted by Crippen LogP contribution is -2.53. The zero-order chi connectivity index (χ0) is 14.4. The van der Waals surface area contributed by atoms with E-state index in [0.717, 1.165) is 23.4 Å². The molecule has 0 radical (unpaired) electrons. The van der Waals surface area contributed by atoms with Crippen molar-refractivity contribution in [1.82, 2.24) is 14.7 Å². The van der Waals surface area contributed by atoms with E-state index in [2.05, 4.69) is 5.10 Å². The second-order valence-electron chi connectivity index (χ2n) is 5.65. The van der Waals surface area contributed by atoms with Gasteiger partial charge in [0.25, 0.3) is 5.56 Å². The first-order valence-electron chi connectivity index (χ1n) is 7.15. The Hall–Kier alpha value is -1.95. The Bertz CT molecular complexity index is 728. The Morgan fingerprint density at radius 2 is 2.05 bits per heavy atom. The summed E-state index contributed by atoms with van der Waals surface area (Å²) < 4.78 is 1.53. The van der Waals surface area contributed by atoms with E-state index in [-0.39, 0.29) is 23.4 Å². The molecule has 0 bridgehead atoms. The van der Waals surface area contributed by atoms with Crippen molar-refractivity contribution < 1.29 is 4.79 Å². The van der Waals surface area contributed by atoms with Gasteiger partial charge in [0.15, 0.2) is 0 Å². The molecular formula is C15H15N3O2S. The van der Waals surface area contributed by atoms with Crippen molar-refractivity contribution in [2.24, 2.45) is 5.92 Å². The Morgan fingerprint density at radius 1 is 1.24 bits per heavy atom. The standard InChI is InChI=1S/C15H15N3O2S/c19-14-6-5-12(13-2-1-7-21-13)16-18(14)11-8-17(9-11)15(20)10-3-4-10/h1-2,5-7,10-11H,3-4,8-9H2. The van der Waals surface area contributed by atoms with Crippen LogP contribution in [0.2, 0.25) is 0 Å². The fraction of sp³-hybridized carbons (Fsp3) is 0.400. The minimum absolute atomic E-state index is 0.0140. The molecule has 2 aliphatic rings. The maximum atomic E-state index is 12.0. The van der Waals surface area contributed by atoms with Crippen LogP contribution in [0, 0.1) is 5.92 Å². The lowest BCUT2D eigenvalue weighted by molar-refractivity contribution is -0.138. The molecule has 1 saturated heterocycles. The molecule has 108 valence electrons. The van der Waals surface area contributed by atoms with Gasteiger partial charge in [-0.1, -0.05) is 6.07 Å². The summed E-state index contributed by atoms with van der Waals surface area (Å²) in [4.78, 5) is 26.8. The summed E-state index contributed by atoms with van der Waals surface area (Å²) in [6.45, 7) is 1.21. The van der Waals surface area contributed by atoms with E-state index in [0.29, 0.717) is 13.1 Å². The number of hydrogen-bond acceptors (Lipinski definition) is 4. The minimum atomic E-state index is -0.0983. The van der Waals surface area contributed by atoms with Crippen molar-refractivity contribution in [3.8, 4) is 10.6 Å². The van der Waals surface area contributed by atoms with Gasteiger partial charge in [0.05, 0.1) is 10.9 Å². The number of carbonyl (C=O) groups is 1. The number of nitrogens with zero attached hydrogens (tertiary/aromatic N) is 3. The third kappa shape index (κ3) is 2.29. The minimum Gasteiger partial charge on any atom is -0.338 e. The first kappa shape index (κ1) is 12.8. The Morgan fingerprint density at radius 3 is 2.71 bits per heavy atom. The molecule has 0 unspecified atom stereocenters. The van der Waals surface area contributed by atoms with Crippen LogP contribution in [0.5, 0.6) is 0 Å². The van der Waals surface area contributed by atoms with E-state index in [1.54, 1.807) is 23.5 Å². The van der Waals surface area contributed by atoms with Crippen LogP contribution in [0.25, 0.3) is 10.6 Å². The molecule has 3 heterocycles. The topological polar surface area (TPSA) is 55.2 Å². The molecule has 4 rings (SSSR count). The molecule has 2 fully saturated rings. The number of rotatable bonds is 3. The van der Waals surface area contributed by atoms with Crippen LogP contribution in [-0.4, -0.2) is 33.7 Å². The molecule has 1 amide bonds. The van der Waals surface area contributed by atoms with Gasteiger partial charge in [-0.25, -0.2) is 4.68 Å². The van der Waals surface area contributed by atoms with Crippen LogP contribution < -0.4 is 5.56 Å². The predicted molar refractivity (Wildman–Crippen MR) is 80.2 cm³/mol. The van der Waals surface area contributed by atoms with Gasteiger partial charge in [-0.05, 0) is 30.4 Å². The average molecular weight is 301 g/mol. The second-order valence-corrected chi connectivity index (χ2v) is 6.60. The van der Waals surface area contributed by atoms with Crippen LogP contribution in [0.1, 0.15) is 18.9 Å². The summed E-state index contributed by atoms with van der Waals surface area (Å²) >= 11 is 1.60. The number of hydrogen-bond donors (Lipinski definition) is 0. The largest absolute Gasteiger partial charge is 0.338 e. The van der Waals surface area contributed by atoms with E-state index < -0.39 is 0 Å². The SMILES string of the molecule is O=C(C1CC1)N1CC(n2nc(-c3cccs3)ccc2=O)C1. The summed E-state index contributed by atoms with van der Waals surface area (Å²) in [5.74, 6) is 0.488. The quantitative estimate of drug-likeness (QED) is 0.868. The molecule has 21 heavy (non-hydrogen) atoms. The predicted octanol–water partition coefficient (Wildman–Crippen LogP) is 1.77. The van der Waals surface area contributed by atoms with Gasteiger partial charge in [0.2, 0.25) is 5.91 Å². The lowest BCUT2D eigenvalue weighted by Gasteiger charge is -2.39. The molecule has 0 spiro atoms. The zero-order valence-electron chi connectivity index (χ0n) is 11.4. The maximum Gasteiger partial charge on any atom is 0.267 e. The molecular weight excluding hydrogens is 286 g/mol. The summed E-state index contributed by atoms with van der Waals surface area (Å²) in [6.07, 6.45) is 2.04. The monoisotopic (exact) mass is 301 g/mol. The van der Waals surface area contributed by atoms with E-state index >= 15 is 0 Å². The molecule has 2 aromatic heterocycles. The Balaban J connectivity index is 1.54. The number of thiophene rings is 1. The molecule has 6 heteroatoms. The number of amides is 1. The molecule has 1 aliphatic heterocycles. The second kappa shape index (κ2) is 4.80. The molecule has 1 aliphatic carbocycles. The third-order valence-electron chi connectivity index (χ3n) is 4.05. The fourth-order valence-corrected chi connectivity index (χ4v) is 3.31. The highest BCUT2D eigenvalue weighted by atomic mass is 32.1. The first-order chi connectivity index (χ1) is 10.2. The van der Waals surface area contributed by atoms with Crippen molar-refractivity contribution in [2.75, 3.05) is 13.1 Å². The zero-order valence-corrected chi connectivity index (χ0v) is 12.3. The lowest BCUT2D eigenvalue weighted by atomic mass is 10.1. The van der Waals surface area contributed by atoms with E-state index in [1.807, 2.05) is 22.4 Å². The van der Waals surface area contributed by atoms with Crippen LogP contribution in [0.3, 0.4) is 0 Å². The smallest absolute Gasteiger partial charge is 0.267 e. The van der Waals surface area contributed by atoms with Gasteiger partial charge < -0.3 is 4.90 Å². The third-order valence-corrected chi connectivity index (χ3v) is 4.94. The summed E-state index contributed by atoms with van der Waals surface area (Å²) in [7, 11) is 0. The number of aromatic nitrogens is 2. The van der Waals surface area contributed by atoms with Crippen LogP contribution in [0.4, 0.5) is 0 Å². The van der Waals surface area contributed by atoms with Gasteiger partial charge in [0, 0.05) is 25.1 Å². The van der Waals surface area contributed by atoms with Crippen molar-refractivity contribution in [2.45, 2.75) is 18.9 Å². The molecule has 0 aromatic carbocycles. The number of carbonyl (C=O) groups excluding carboxylic acids is 1. The van der Waals surface area contributed by atoms with Crippen molar-refractivity contribution in [3.63, 3.8) is 0 Å². The van der Waals surface area contributed by atoms with E-state index in [4.69, 9.17) is 0 Å². The summed E-state index contributed by atoms with van der Waals surface area (Å²) in [5, 5.41) is 6.46. The average Bonchev–Trinajstić information content (AvgIpc) is 3.14. The molecule has 5 nitrogen and oxygen atoms in total. The van der Waals surface area contributed by atoms with Crippen LogP contribution >= 0.6 is 11.3 Å². The molecule has 2 aromatic rings. The fourth-order valence-electron chi connectivity index (χ4n) is 2.62. The first-order valence-corrected chi connectivity index (χ1v) is 8.03. The Kier molecular flexibility index (Phi) is 2.92. The molecule has 0 atom stereocenters. The Labute approximate surface area is 125 Å². The van der Waals surface area contributed by atoms with Gasteiger partial charge >= 0.3 is 0 Å². The molecule has 1 saturated carbocycles. The van der Waals surface area contributed by atoms with Crippen LogP contribution in [0.15, 0.2) is 34.4 Å². The van der Waals surface area contributed by atoms with Gasteiger partial charge in [-0.2, -0.15) is 5.10 Å². The number of likely N-dealkylation sites (tertiary alicyclic amines) is 1. The maximum absolute atomic E-state index is 12.0. The normalized spacial score (nSPS) is 18.6. The molecule has 0 N–H and O–H groups in total. The highest BCUT2D eigenvalue weighted by Gasteiger charge is 2.40. The summed E-state index contributed by atoms with van der Waals surface area (Å²) in [6, 6.07) is 7.30. The summed E-state index contributed by atoms with van der Waals surface area (Å²) in [5.41, 5.74) is 0.718. The van der Waals surface area contributed by atoms with E-state index in [1.165, 1.54) is 4.68 Å². The van der Waals surface area contributed by atoms with Crippen molar-refractivity contribution in [3.05, 3.63) is 40.0 Å². The van der Waals surface area contributed by atoms with Gasteiger partial charge in [0.1, 0.15) is 5.69 Å². The van der Waals surface area contributed by atoms with Gasteiger partial charge in [-0.3, -0.25) is 9.59 Å². The highest BCUT2D eigenvalue weighted by molar-refractivity contribution is 7.13. The van der Waals surface area contributed by atoms with Crippen molar-refractivity contribution >= 4 is 17.2 Å². The van der Waals surface area contributed by atoms with Gasteiger partial charge in [-0.15, -0.1) is 11.3 Å². The van der Waals surface area contributed by atoms with Crippen molar-refractivity contribution in [1.29, 1.82) is 0 Å². The van der Waals surface area contributed by atoms with Crippen LogP contribution in [-0.2, 0) is 4.79 Å². The highest BCUT2D eigenvalue weighted by Crippen LogP contribution is 2.34.